The molecule has 1 aromatic rings. The number of fused-ring (bicyclic) bond motifs is 1. The van der Waals surface area contributed by atoms with E-state index in [0.717, 1.165) is 0 Å². The highest BCUT2D eigenvalue weighted by Gasteiger charge is 2.27. The van der Waals surface area contributed by atoms with Crippen LogP contribution in [0.15, 0.2) is 18.2 Å². The van der Waals surface area contributed by atoms with Crippen molar-refractivity contribution in [3.05, 3.63) is 28.3 Å². The molecular formula is C10H10N2O5. The van der Waals surface area contributed by atoms with E-state index < -0.39 is 17.0 Å². The Labute approximate surface area is 96.5 Å². The topological polar surface area (TPSA) is 90.7 Å². The summed E-state index contributed by atoms with van der Waals surface area (Å²) in [4.78, 5) is 21.3. The molecule has 0 fully saturated rings. The van der Waals surface area contributed by atoms with Gasteiger partial charge in [-0.05, 0) is 6.07 Å². The molecule has 1 unspecified atom stereocenters. The molecule has 2 rings (SSSR count). The van der Waals surface area contributed by atoms with E-state index in [2.05, 4.69) is 10.1 Å². The highest BCUT2D eigenvalue weighted by atomic mass is 16.6. The number of esters is 1. The number of nitrogens with one attached hydrogen (secondary N) is 1. The molecule has 7 heteroatoms. The lowest BCUT2D eigenvalue weighted by atomic mass is 10.2. The SMILES string of the molecule is COC(=O)C1CNc2cc([N+](=O)[O-])ccc2O1. The van der Waals surface area contributed by atoms with E-state index in [0.29, 0.717) is 11.4 Å². The second kappa shape index (κ2) is 4.28. The molecule has 0 radical (unpaired) electrons. The summed E-state index contributed by atoms with van der Waals surface area (Å²) >= 11 is 0. The number of non-ortho nitro benzene ring substituents is 1. The summed E-state index contributed by atoms with van der Waals surface area (Å²) in [6, 6.07) is 4.14. The number of rotatable bonds is 2. The third kappa shape index (κ3) is 2.12. The molecule has 0 amide bonds. The van der Waals surface area contributed by atoms with Crippen molar-refractivity contribution in [1.29, 1.82) is 0 Å². The molecule has 0 aliphatic carbocycles. The van der Waals surface area contributed by atoms with Crippen molar-refractivity contribution in [2.75, 3.05) is 19.0 Å². The Bertz CT molecular complexity index is 474. The van der Waals surface area contributed by atoms with Gasteiger partial charge < -0.3 is 14.8 Å². The number of nitro benzene ring substituents is 1. The molecule has 0 bridgehead atoms. The van der Waals surface area contributed by atoms with Gasteiger partial charge in [0.2, 0.25) is 6.10 Å². The van der Waals surface area contributed by atoms with E-state index in [1.165, 1.54) is 25.3 Å². The normalized spacial score (nSPS) is 17.4. The number of carbonyl (C=O) groups excluding carboxylic acids is 1. The van der Waals surface area contributed by atoms with Crippen molar-refractivity contribution in [2.24, 2.45) is 0 Å². The Morgan fingerprint density at radius 2 is 2.41 bits per heavy atom. The van der Waals surface area contributed by atoms with Gasteiger partial charge in [0.15, 0.2) is 0 Å². The zero-order valence-electron chi connectivity index (χ0n) is 9.00. The molecule has 17 heavy (non-hydrogen) atoms. The molecule has 90 valence electrons. The van der Waals surface area contributed by atoms with Crippen molar-refractivity contribution in [3.63, 3.8) is 0 Å². The lowest BCUT2D eigenvalue weighted by molar-refractivity contribution is -0.384. The number of hydrogen-bond acceptors (Lipinski definition) is 6. The molecule has 1 aliphatic rings. The number of nitrogens with zero attached hydrogens (tertiary/aromatic N) is 1. The average Bonchev–Trinajstić information content (AvgIpc) is 2.36. The first-order chi connectivity index (χ1) is 8.11. The van der Waals surface area contributed by atoms with Gasteiger partial charge in [-0.15, -0.1) is 0 Å². The standard InChI is InChI=1S/C10H10N2O5/c1-16-10(13)9-5-11-7-4-6(12(14)15)2-3-8(7)17-9/h2-4,9,11H,5H2,1H3. The number of hydrogen-bond donors (Lipinski definition) is 1. The van der Waals surface area contributed by atoms with E-state index in [9.17, 15) is 14.9 Å². The third-order valence-corrected chi connectivity index (χ3v) is 2.39. The van der Waals surface area contributed by atoms with Crippen LogP contribution in [0.25, 0.3) is 0 Å². The smallest absolute Gasteiger partial charge is 0.348 e. The van der Waals surface area contributed by atoms with Crippen LogP contribution in [0, 0.1) is 10.1 Å². The first kappa shape index (κ1) is 11.2. The van der Waals surface area contributed by atoms with Gasteiger partial charge in [0.1, 0.15) is 5.75 Å². The first-order valence-corrected chi connectivity index (χ1v) is 4.88. The average molecular weight is 238 g/mol. The Balaban J connectivity index is 2.23. The largest absolute Gasteiger partial charge is 0.475 e. The molecule has 0 spiro atoms. The highest BCUT2D eigenvalue weighted by Crippen LogP contribution is 2.32. The van der Waals surface area contributed by atoms with Crippen molar-refractivity contribution in [1.82, 2.24) is 0 Å². The minimum Gasteiger partial charge on any atom is -0.475 e. The minimum absolute atomic E-state index is 0.0311. The zero-order valence-corrected chi connectivity index (χ0v) is 9.00. The molecule has 1 aliphatic heterocycles. The summed E-state index contributed by atoms with van der Waals surface area (Å²) in [5.41, 5.74) is 0.468. The summed E-state index contributed by atoms with van der Waals surface area (Å²) in [5.74, 6) is -0.0845. The van der Waals surface area contributed by atoms with Crippen LogP contribution < -0.4 is 10.1 Å². The predicted octanol–water partition coefficient (Wildman–Crippen LogP) is 0.941. The van der Waals surface area contributed by atoms with Crippen LogP contribution >= 0.6 is 0 Å². The monoisotopic (exact) mass is 238 g/mol. The molecule has 1 atom stereocenters. The van der Waals surface area contributed by atoms with Crippen molar-refractivity contribution >= 4 is 17.3 Å². The predicted molar refractivity (Wildman–Crippen MR) is 58.0 cm³/mol. The Hall–Kier alpha value is -2.31. The van der Waals surface area contributed by atoms with E-state index in [4.69, 9.17) is 4.74 Å². The molecule has 7 nitrogen and oxygen atoms in total. The third-order valence-electron chi connectivity index (χ3n) is 2.39. The van der Waals surface area contributed by atoms with Crippen LogP contribution in [0.3, 0.4) is 0 Å². The van der Waals surface area contributed by atoms with Gasteiger partial charge in [0.25, 0.3) is 5.69 Å². The summed E-state index contributed by atoms with van der Waals surface area (Å²) in [6.07, 6.45) is -0.728. The second-order valence-corrected chi connectivity index (χ2v) is 3.45. The van der Waals surface area contributed by atoms with Crippen LogP contribution in [0.1, 0.15) is 0 Å². The van der Waals surface area contributed by atoms with Gasteiger partial charge in [-0.2, -0.15) is 0 Å². The van der Waals surface area contributed by atoms with Crippen molar-refractivity contribution < 1.29 is 19.2 Å². The summed E-state index contributed by atoms with van der Waals surface area (Å²) in [6.45, 7) is 0.223. The van der Waals surface area contributed by atoms with Crippen molar-refractivity contribution in [2.45, 2.75) is 6.10 Å². The number of nitro groups is 1. The molecular weight excluding hydrogens is 228 g/mol. The van der Waals surface area contributed by atoms with Crippen LogP contribution in [0.4, 0.5) is 11.4 Å². The number of anilines is 1. The number of carbonyl (C=O) groups is 1. The molecule has 1 aromatic carbocycles. The van der Waals surface area contributed by atoms with Gasteiger partial charge in [-0.1, -0.05) is 0 Å². The number of ether oxygens (including phenoxy) is 2. The van der Waals surface area contributed by atoms with Crippen LogP contribution in [0.2, 0.25) is 0 Å². The van der Waals surface area contributed by atoms with E-state index in [1.807, 2.05) is 0 Å². The van der Waals surface area contributed by atoms with Crippen LogP contribution in [0.5, 0.6) is 5.75 Å². The van der Waals surface area contributed by atoms with Gasteiger partial charge in [0.05, 0.1) is 24.3 Å². The minimum atomic E-state index is -0.728. The zero-order chi connectivity index (χ0) is 12.4. The Morgan fingerprint density at radius 1 is 1.65 bits per heavy atom. The molecule has 0 saturated heterocycles. The molecule has 1 heterocycles. The maximum atomic E-state index is 11.3. The second-order valence-electron chi connectivity index (χ2n) is 3.45. The van der Waals surface area contributed by atoms with E-state index in [-0.39, 0.29) is 12.2 Å². The number of benzene rings is 1. The van der Waals surface area contributed by atoms with Gasteiger partial charge in [-0.25, -0.2) is 4.79 Å². The Morgan fingerprint density at radius 3 is 3.06 bits per heavy atom. The first-order valence-electron chi connectivity index (χ1n) is 4.88. The lowest BCUT2D eigenvalue weighted by Crippen LogP contribution is -2.38. The van der Waals surface area contributed by atoms with E-state index in [1.54, 1.807) is 0 Å². The maximum absolute atomic E-state index is 11.3. The highest BCUT2D eigenvalue weighted by molar-refractivity contribution is 5.78. The fraction of sp³-hybridized carbons (Fsp3) is 0.300. The number of methoxy groups -OCH3 is 1. The van der Waals surface area contributed by atoms with Crippen molar-refractivity contribution in [3.8, 4) is 5.75 Å². The Kier molecular flexibility index (Phi) is 2.82. The maximum Gasteiger partial charge on any atom is 0.348 e. The van der Waals surface area contributed by atoms with Gasteiger partial charge in [0, 0.05) is 12.1 Å². The van der Waals surface area contributed by atoms with Crippen LogP contribution in [-0.2, 0) is 9.53 Å². The fourth-order valence-corrected chi connectivity index (χ4v) is 1.53. The summed E-state index contributed by atoms with van der Waals surface area (Å²) in [7, 11) is 1.27. The molecule has 0 saturated carbocycles. The summed E-state index contributed by atoms with van der Waals surface area (Å²) < 4.78 is 9.91. The lowest BCUT2D eigenvalue weighted by Gasteiger charge is -2.25. The molecule has 1 N–H and O–H groups in total. The van der Waals surface area contributed by atoms with Gasteiger partial charge in [-0.3, -0.25) is 10.1 Å². The van der Waals surface area contributed by atoms with E-state index >= 15 is 0 Å². The van der Waals surface area contributed by atoms with Crippen LogP contribution in [-0.4, -0.2) is 30.7 Å². The fourth-order valence-electron chi connectivity index (χ4n) is 1.53. The van der Waals surface area contributed by atoms with Gasteiger partial charge >= 0.3 is 5.97 Å². The quantitative estimate of drug-likeness (QED) is 0.468. The summed E-state index contributed by atoms with van der Waals surface area (Å²) in [5, 5.41) is 13.5. The molecule has 0 aromatic heterocycles.